The van der Waals surface area contributed by atoms with Gasteiger partial charge in [0.1, 0.15) is 16.9 Å². The van der Waals surface area contributed by atoms with E-state index in [1.165, 1.54) is 0 Å². The third-order valence-corrected chi connectivity index (χ3v) is 8.13. The van der Waals surface area contributed by atoms with E-state index in [0.717, 1.165) is 72.4 Å². The van der Waals surface area contributed by atoms with Crippen LogP contribution in [0, 0.1) is 13.0 Å². The summed E-state index contributed by atoms with van der Waals surface area (Å²) in [7, 11) is 0. The topological polar surface area (TPSA) is 59.2 Å². The molecule has 0 aliphatic rings. The molecule has 8 aromatic rings. The maximum atomic E-state index is 10.7. The predicted octanol–water partition coefficient (Wildman–Crippen LogP) is 10.5. The van der Waals surface area contributed by atoms with Crippen LogP contribution in [-0.2, 0) is 21.1 Å². The molecule has 0 saturated carbocycles. The molecule has 4 nitrogen and oxygen atoms in total. The molecule has 46 heavy (non-hydrogen) atoms. The first-order valence-electron chi connectivity index (χ1n) is 14.9. The standard InChI is InChI=1S/C41H27N2O2.Pt/c1-26-21-31(32-17-10-18-34-33-15-6-8-20-40(33)45-41(32)34)25-36(42-26)28-13-9-14-29(22-28)37-23-30(27-11-3-2-4-12-27)24-38(43-37)35-16-5-7-19-39(35)44;/h2-21,23-25,44H,1H3;/q-1;. The van der Waals surface area contributed by atoms with Gasteiger partial charge in [0, 0.05) is 60.0 Å². The molecule has 3 aromatic heterocycles. The van der Waals surface area contributed by atoms with Crippen LogP contribution in [0.2, 0.25) is 0 Å². The van der Waals surface area contributed by atoms with E-state index >= 15 is 0 Å². The monoisotopic (exact) mass is 774 g/mol. The van der Waals surface area contributed by atoms with Crippen LogP contribution in [0.4, 0.5) is 0 Å². The van der Waals surface area contributed by atoms with Gasteiger partial charge in [-0.25, -0.2) is 0 Å². The number of rotatable bonds is 5. The van der Waals surface area contributed by atoms with Crippen molar-refractivity contribution in [3.63, 3.8) is 0 Å². The molecule has 0 aliphatic carbocycles. The average molecular weight is 775 g/mol. The quantitative estimate of drug-likeness (QED) is 0.177. The minimum absolute atomic E-state index is 0. The molecule has 0 unspecified atom stereocenters. The van der Waals surface area contributed by atoms with Crippen molar-refractivity contribution in [1.82, 2.24) is 9.97 Å². The predicted molar refractivity (Wildman–Crippen MR) is 182 cm³/mol. The fraction of sp³-hybridized carbons (Fsp3) is 0.0244. The maximum absolute atomic E-state index is 10.7. The second-order valence-electron chi connectivity index (χ2n) is 11.2. The van der Waals surface area contributed by atoms with Crippen LogP contribution in [0.3, 0.4) is 0 Å². The number of pyridine rings is 2. The van der Waals surface area contributed by atoms with Crippen molar-refractivity contribution < 1.29 is 30.6 Å². The number of phenols is 1. The third-order valence-electron chi connectivity index (χ3n) is 8.13. The minimum Gasteiger partial charge on any atom is -0.507 e. The summed E-state index contributed by atoms with van der Waals surface area (Å²) in [6.07, 6.45) is 0. The zero-order valence-corrected chi connectivity index (χ0v) is 27.1. The molecule has 0 fully saturated rings. The summed E-state index contributed by atoms with van der Waals surface area (Å²) < 4.78 is 6.35. The molecular weight excluding hydrogens is 748 g/mol. The average Bonchev–Trinajstić information content (AvgIpc) is 3.47. The number of nitrogens with zero attached hydrogens (tertiary/aromatic N) is 2. The van der Waals surface area contributed by atoms with Gasteiger partial charge in [-0.3, -0.25) is 9.97 Å². The van der Waals surface area contributed by atoms with Crippen molar-refractivity contribution in [2.45, 2.75) is 6.92 Å². The molecular formula is C41H27N2O2Pt-. The van der Waals surface area contributed by atoms with Gasteiger partial charge < -0.3 is 9.52 Å². The van der Waals surface area contributed by atoms with Crippen LogP contribution in [0.1, 0.15) is 5.69 Å². The minimum atomic E-state index is 0. The number of para-hydroxylation sites is 3. The summed E-state index contributed by atoms with van der Waals surface area (Å²) in [5.41, 5.74) is 11.4. The van der Waals surface area contributed by atoms with Gasteiger partial charge >= 0.3 is 0 Å². The van der Waals surface area contributed by atoms with E-state index in [4.69, 9.17) is 14.4 Å². The van der Waals surface area contributed by atoms with Crippen molar-refractivity contribution in [2.75, 3.05) is 0 Å². The van der Waals surface area contributed by atoms with Gasteiger partial charge in [0.15, 0.2) is 0 Å². The summed E-state index contributed by atoms with van der Waals surface area (Å²) >= 11 is 0. The Bertz CT molecular complexity index is 2360. The van der Waals surface area contributed by atoms with Gasteiger partial charge in [0.2, 0.25) is 0 Å². The third kappa shape index (κ3) is 5.42. The number of aromatic hydroxyl groups is 1. The first kappa shape index (κ1) is 29.4. The molecule has 1 N–H and O–H groups in total. The van der Waals surface area contributed by atoms with Crippen LogP contribution in [0.25, 0.3) is 78.0 Å². The molecule has 5 aromatic carbocycles. The van der Waals surface area contributed by atoms with Crippen molar-refractivity contribution in [3.8, 4) is 61.8 Å². The summed E-state index contributed by atoms with van der Waals surface area (Å²) in [5, 5.41) is 12.9. The molecule has 0 saturated heterocycles. The molecule has 5 heteroatoms. The Morgan fingerprint density at radius 2 is 1.17 bits per heavy atom. The molecule has 0 radical (unpaired) electrons. The normalized spacial score (nSPS) is 11.1. The number of fused-ring (bicyclic) bond motifs is 3. The molecule has 3 heterocycles. The number of furan rings is 1. The summed E-state index contributed by atoms with van der Waals surface area (Å²) in [6.45, 7) is 2.01. The number of hydrogen-bond acceptors (Lipinski definition) is 4. The number of aryl methyl sites for hydroxylation is 1. The van der Waals surface area contributed by atoms with Crippen LogP contribution >= 0.6 is 0 Å². The number of phenolic OH excluding ortho intramolecular Hbond substituents is 1. The number of hydrogen-bond donors (Lipinski definition) is 1. The second kappa shape index (κ2) is 12.2. The van der Waals surface area contributed by atoms with Gasteiger partial charge in [-0.15, -0.1) is 24.3 Å². The van der Waals surface area contributed by atoms with E-state index in [2.05, 4.69) is 60.7 Å². The summed E-state index contributed by atoms with van der Waals surface area (Å²) in [6, 6.07) is 49.9. The van der Waals surface area contributed by atoms with Gasteiger partial charge in [-0.2, -0.15) is 0 Å². The van der Waals surface area contributed by atoms with Gasteiger partial charge in [-0.1, -0.05) is 102 Å². The number of benzene rings is 5. The molecule has 0 bridgehead atoms. The van der Waals surface area contributed by atoms with E-state index in [-0.39, 0.29) is 26.8 Å². The van der Waals surface area contributed by atoms with Gasteiger partial charge in [0.05, 0.1) is 5.69 Å². The van der Waals surface area contributed by atoms with Crippen LogP contribution in [0.15, 0.2) is 144 Å². The van der Waals surface area contributed by atoms with E-state index in [1.807, 2.05) is 85.8 Å². The van der Waals surface area contributed by atoms with Crippen molar-refractivity contribution >= 4 is 21.9 Å². The van der Waals surface area contributed by atoms with E-state index < -0.39 is 0 Å². The zero-order chi connectivity index (χ0) is 30.3. The maximum Gasteiger partial charge on any atom is 0.143 e. The fourth-order valence-electron chi connectivity index (χ4n) is 6.00. The van der Waals surface area contributed by atoms with Gasteiger partial charge in [-0.05, 0) is 53.9 Å². The molecule has 0 aliphatic heterocycles. The van der Waals surface area contributed by atoms with Crippen molar-refractivity contribution in [3.05, 3.63) is 151 Å². The van der Waals surface area contributed by atoms with E-state index in [9.17, 15) is 5.11 Å². The zero-order valence-electron chi connectivity index (χ0n) is 24.8. The van der Waals surface area contributed by atoms with Crippen molar-refractivity contribution in [1.29, 1.82) is 0 Å². The Morgan fingerprint density at radius 3 is 2.00 bits per heavy atom. The van der Waals surface area contributed by atoms with Crippen LogP contribution in [0.5, 0.6) is 5.75 Å². The number of aromatic nitrogens is 2. The van der Waals surface area contributed by atoms with Crippen LogP contribution < -0.4 is 0 Å². The smallest absolute Gasteiger partial charge is 0.143 e. The van der Waals surface area contributed by atoms with Crippen LogP contribution in [-0.4, -0.2) is 15.1 Å². The first-order chi connectivity index (χ1) is 22.1. The molecule has 8 rings (SSSR count). The van der Waals surface area contributed by atoms with Crippen molar-refractivity contribution in [2.24, 2.45) is 0 Å². The summed E-state index contributed by atoms with van der Waals surface area (Å²) in [5.74, 6) is 0.190. The second-order valence-corrected chi connectivity index (χ2v) is 11.2. The Morgan fingerprint density at radius 1 is 0.543 bits per heavy atom. The van der Waals surface area contributed by atoms with E-state index in [1.54, 1.807) is 6.07 Å². The first-order valence-corrected chi connectivity index (χ1v) is 14.9. The fourth-order valence-corrected chi connectivity index (χ4v) is 6.00. The molecule has 0 amide bonds. The Kier molecular flexibility index (Phi) is 7.82. The molecule has 0 atom stereocenters. The SMILES string of the molecule is Cc1cc(-c2cccc3c2oc2ccccc23)cc(-c2[c-]c(-c3cc(-c4ccccc4)cc(-c4ccccc4O)n3)ccc2)n1.[Pt]. The Labute approximate surface area is 281 Å². The van der Waals surface area contributed by atoms with Gasteiger partial charge in [0.25, 0.3) is 0 Å². The molecule has 224 valence electrons. The largest absolute Gasteiger partial charge is 0.507 e. The van der Waals surface area contributed by atoms with E-state index in [0.29, 0.717) is 11.3 Å². The summed E-state index contributed by atoms with van der Waals surface area (Å²) in [4.78, 5) is 9.92. The molecule has 0 spiro atoms. The Balaban J connectivity index is 0.00000338. The Hall–Kier alpha value is -5.31.